The Morgan fingerprint density at radius 1 is 1.22 bits per heavy atom. The number of aliphatic hydroxyl groups excluding tert-OH is 1. The van der Waals surface area contributed by atoms with E-state index in [1.807, 2.05) is 29.2 Å². The van der Waals surface area contributed by atoms with Crippen molar-refractivity contribution >= 4 is 11.5 Å². The first-order valence-electron chi connectivity index (χ1n) is 9.86. The van der Waals surface area contributed by atoms with E-state index in [-0.39, 0.29) is 6.61 Å². The number of pyridine rings is 1. The van der Waals surface area contributed by atoms with Gasteiger partial charge in [-0.05, 0) is 57.1 Å². The molecule has 0 bridgehead atoms. The Hall–Kier alpha value is -2.47. The first-order chi connectivity index (χ1) is 13.3. The average molecular weight is 365 g/mol. The molecule has 1 saturated heterocycles. The molecule has 1 aliphatic rings. The molecule has 1 fully saturated rings. The maximum atomic E-state index is 9.52. The number of rotatable bonds is 6. The molecule has 0 radical (unpaired) electrons. The summed E-state index contributed by atoms with van der Waals surface area (Å²) in [5.74, 6) is 1.06. The van der Waals surface area contributed by atoms with Crippen molar-refractivity contribution in [3.8, 4) is 0 Å². The zero-order valence-corrected chi connectivity index (χ0v) is 15.9. The third-order valence-corrected chi connectivity index (χ3v) is 5.49. The molecule has 4 rings (SSSR count). The zero-order chi connectivity index (χ0) is 18.6. The third-order valence-electron chi connectivity index (χ3n) is 5.49. The highest BCUT2D eigenvalue weighted by molar-refractivity contribution is 5.57. The highest BCUT2D eigenvalue weighted by atomic mass is 16.3. The molecule has 27 heavy (non-hydrogen) atoms. The van der Waals surface area contributed by atoms with Crippen molar-refractivity contribution in [1.29, 1.82) is 0 Å². The normalized spacial score (nSPS) is 17.6. The van der Waals surface area contributed by atoms with Gasteiger partial charge in [-0.15, -0.1) is 0 Å². The Labute approximate surface area is 159 Å². The van der Waals surface area contributed by atoms with Gasteiger partial charge in [0.05, 0.1) is 6.20 Å². The van der Waals surface area contributed by atoms with Crippen LogP contribution in [-0.4, -0.2) is 43.9 Å². The molecule has 0 aromatic carbocycles. The van der Waals surface area contributed by atoms with Crippen LogP contribution < -0.4 is 4.90 Å². The number of nitrogens with zero attached hydrogens (tertiary/aromatic N) is 5. The minimum absolute atomic E-state index is 0.222. The van der Waals surface area contributed by atoms with Gasteiger partial charge in [-0.1, -0.05) is 6.07 Å². The predicted octanol–water partition coefficient (Wildman–Crippen LogP) is 2.96. The molecular formula is C21H27N5O. The Morgan fingerprint density at radius 2 is 2.15 bits per heavy atom. The van der Waals surface area contributed by atoms with Crippen LogP contribution in [0.1, 0.15) is 42.4 Å². The lowest BCUT2D eigenvalue weighted by Crippen LogP contribution is -2.41. The molecule has 6 heteroatoms. The van der Waals surface area contributed by atoms with Crippen molar-refractivity contribution in [3.63, 3.8) is 0 Å². The Balaban J connectivity index is 1.70. The van der Waals surface area contributed by atoms with E-state index in [1.165, 1.54) is 24.0 Å². The van der Waals surface area contributed by atoms with Crippen molar-refractivity contribution in [2.45, 2.75) is 51.5 Å². The van der Waals surface area contributed by atoms with E-state index in [1.54, 1.807) is 0 Å². The molecule has 0 amide bonds. The molecule has 0 spiro atoms. The Kier molecular flexibility index (Phi) is 5.34. The summed E-state index contributed by atoms with van der Waals surface area (Å²) in [6, 6.07) is 4.46. The van der Waals surface area contributed by atoms with Crippen molar-refractivity contribution in [1.82, 2.24) is 19.6 Å². The quantitative estimate of drug-likeness (QED) is 0.727. The lowest BCUT2D eigenvalue weighted by molar-refractivity contribution is 0.262. The average Bonchev–Trinajstić information content (AvgIpc) is 3.07. The summed E-state index contributed by atoms with van der Waals surface area (Å²) in [6.45, 7) is 3.27. The van der Waals surface area contributed by atoms with Gasteiger partial charge in [-0.2, -0.15) is 5.10 Å². The van der Waals surface area contributed by atoms with Crippen LogP contribution >= 0.6 is 0 Å². The minimum Gasteiger partial charge on any atom is -0.396 e. The van der Waals surface area contributed by atoms with E-state index in [4.69, 9.17) is 4.98 Å². The topological polar surface area (TPSA) is 66.5 Å². The van der Waals surface area contributed by atoms with Gasteiger partial charge in [0.15, 0.2) is 5.65 Å². The number of hydrogen-bond donors (Lipinski definition) is 1. The zero-order valence-electron chi connectivity index (χ0n) is 15.9. The van der Waals surface area contributed by atoms with E-state index < -0.39 is 0 Å². The summed E-state index contributed by atoms with van der Waals surface area (Å²) in [5, 5.41) is 14.0. The van der Waals surface area contributed by atoms with Gasteiger partial charge in [0, 0.05) is 48.9 Å². The predicted molar refractivity (Wildman–Crippen MR) is 106 cm³/mol. The molecule has 1 atom stereocenters. The molecule has 3 aromatic rings. The number of aliphatic hydroxyl groups is 1. The van der Waals surface area contributed by atoms with Crippen molar-refractivity contribution in [2.75, 3.05) is 18.1 Å². The standard InChI is InChI=1S/C21H27N5O/c1-16-13-23-26-15-18(8-7-17-5-4-10-22-14-17)21(24-20(16)26)25-11-3-2-6-19(25)9-12-27/h4-5,10,13-15,19,27H,2-3,6-9,11-12H2,1H3/t19-/m0/s1. The Morgan fingerprint density at radius 3 is 2.96 bits per heavy atom. The van der Waals surface area contributed by atoms with E-state index in [2.05, 4.69) is 34.2 Å². The molecular weight excluding hydrogens is 338 g/mol. The van der Waals surface area contributed by atoms with Gasteiger partial charge in [0.2, 0.25) is 0 Å². The fourth-order valence-corrected chi connectivity index (χ4v) is 4.03. The van der Waals surface area contributed by atoms with E-state index in [0.29, 0.717) is 6.04 Å². The molecule has 4 heterocycles. The van der Waals surface area contributed by atoms with Gasteiger partial charge >= 0.3 is 0 Å². The number of fused-ring (bicyclic) bond motifs is 1. The van der Waals surface area contributed by atoms with Gasteiger partial charge in [-0.3, -0.25) is 4.98 Å². The molecule has 3 aromatic heterocycles. The molecule has 142 valence electrons. The van der Waals surface area contributed by atoms with Crippen LogP contribution in [0.25, 0.3) is 5.65 Å². The van der Waals surface area contributed by atoms with Crippen molar-refractivity contribution in [3.05, 3.63) is 53.6 Å². The molecule has 0 unspecified atom stereocenters. The lowest BCUT2D eigenvalue weighted by atomic mass is 9.98. The summed E-state index contributed by atoms with van der Waals surface area (Å²) in [5.41, 5.74) is 4.44. The van der Waals surface area contributed by atoms with Crippen LogP contribution in [0.15, 0.2) is 36.9 Å². The van der Waals surface area contributed by atoms with Gasteiger partial charge in [0.25, 0.3) is 0 Å². The summed E-state index contributed by atoms with van der Waals surface area (Å²) < 4.78 is 1.89. The van der Waals surface area contributed by atoms with Gasteiger partial charge in [-0.25, -0.2) is 9.50 Å². The highest BCUT2D eigenvalue weighted by Gasteiger charge is 2.26. The van der Waals surface area contributed by atoms with Crippen LogP contribution in [0.2, 0.25) is 0 Å². The summed E-state index contributed by atoms with van der Waals surface area (Å²) >= 11 is 0. The number of piperidine rings is 1. The number of aryl methyl sites for hydroxylation is 3. The maximum Gasteiger partial charge on any atom is 0.160 e. The SMILES string of the molecule is Cc1cnn2cc(CCc3cccnc3)c(N3CCCC[C@H]3CCO)nc12. The van der Waals surface area contributed by atoms with Crippen LogP contribution in [0.5, 0.6) is 0 Å². The molecule has 0 aliphatic carbocycles. The van der Waals surface area contributed by atoms with Crippen molar-refractivity contribution in [2.24, 2.45) is 0 Å². The fourth-order valence-electron chi connectivity index (χ4n) is 4.03. The van der Waals surface area contributed by atoms with Crippen LogP contribution in [0.4, 0.5) is 5.82 Å². The summed E-state index contributed by atoms with van der Waals surface area (Å²) in [4.78, 5) is 11.7. The molecule has 0 saturated carbocycles. The first kappa shape index (κ1) is 17.9. The minimum atomic E-state index is 0.222. The highest BCUT2D eigenvalue weighted by Crippen LogP contribution is 2.29. The van der Waals surface area contributed by atoms with Crippen LogP contribution in [-0.2, 0) is 12.8 Å². The maximum absolute atomic E-state index is 9.52. The summed E-state index contributed by atoms with van der Waals surface area (Å²) in [7, 11) is 0. The molecule has 1 N–H and O–H groups in total. The van der Waals surface area contributed by atoms with E-state index >= 15 is 0 Å². The largest absolute Gasteiger partial charge is 0.396 e. The van der Waals surface area contributed by atoms with Gasteiger partial charge < -0.3 is 10.0 Å². The third kappa shape index (κ3) is 3.81. The van der Waals surface area contributed by atoms with Crippen molar-refractivity contribution < 1.29 is 5.11 Å². The second kappa shape index (κ2) is 8.05. The number of aromatic nitrogens is 4. The fraction of sp³-hybridized carbons (Fsp3) is 0.476. The second-order valence-electron chi connectivity index (χ2n) is 7.40. The molecule has 1 aliphatic heterocycles. The monoisotopic (exact) mass is 365 g/mol. The van der Waals surface area contributed by atoms with Crippen LogP contribution in [0, 0.1) is 6.92 Å². The summed E-state index contributed by atoms with van der Waals surface area (Å²) in [6.07, 6.45) is 13.9. The van der Waals surface area contributed by atoms with E-state index in [0.717, 1.165) is 49.3 Å². The second-order valence-corrected chi connectivity index (χ2v) is 7.40. The number of anilines is 1. The Bertz CT molecular complexity index is 890. The van der Waals surface area contributed by atoms with E-state index in [9.17, 15) is 5.11 Å². The smallest absolute Gasteiger partial charge is 0.160 e. The first-order valence-corrected chi connectivity index (χ1v) is 9.86. The van der Waals surface area contributed by atoms with Gasteiger partial charge in [0.1, 0.15) is 5.82 Å². The number of hydrogen-bond acceptors (Lipinski definition) is 5. The lowest BCUT2D eigenvalue weighted by Gasteiger charge is -2.37. The van der Waals surface area contributed by atoms with Crippen LogP contribution in [0.3, 0.4) is 0 Å². The molecule has 6 nitrogen and oxygen atoms in total.